The van der Waals surface area contributed by atoms with Gasteiger partial charge in [-0.15, -0.1) is 5.10 Å². The summed E-state index contributed by atoms with van der Waals surface area (Å²) in [6.45, 7) is 9.05. The maximum absolute atomic E-state index is 12.6. The number of anilines is 3. The smallest absolute Gasteiger partial charge is 0.322 e. The average molecular weight is 507 g/mol. The third-order valence-electron chi connectivity index (χ3n) is 5.73. The van der Waals surface area contributed by atoms with Crippen molar-refractivity contribution in [1.29, 1.82) is 0 Å². The van der Waals surface area contributed by atoms with Gasteiger partial charge in [-0.1, -0.05) is 25.0 Å². The molecule has 2 heterocycles. The fraction of sp³-hybridized carbons (Fsp3) is 0.346. The van der Waals surface area contributed by atoms with Gasteiger partial charge >= 0.3 is 17.8 Å². The van der Waals surface area contributed by atoms with Gasteiger partial charge in [-0.05, 0) is 48.4 Å². The van der Waals surface area contributed by atoms with E-state index >= 15 is 0 Å². The number of hydrogen-bond acceptors (Lipinski definition) is 8. The molecule has 11 heteroatoms. The van der Waals surface area contributed by atoms with Crippen LogP contribution in [-0.4, -0.2) is 65.6 Å². The van der Waals surface area contributed by atoms with Crippen LogP contribution < -0.4 is 20.3 Å². The topological polar surface area (TPSA) is 130 Å². The Morgan fingerprint density at radius 3 is 2.38 bits per heavy atom. The molecule has 1 aromatic heterocycles. The number of nitrogens with one attached hydrogen (secondary N) is 2. The molecule has 2 aromatic carbocycles. The van der Waals surface area contributed by atoms with Crippen molar-refractivity contribution in [3.05, 3.63) is 60.0 Å². The molecule has 3 aromatic rings. The van der Waals surface area contributed by atoms with Crippen LogP contribution in [0.2, 0.25) is 0 Å². The number of carbonyl (C=O) groups is 3. The van der Waals surface area contributed by atoms with E-state index in [0.29, 0.717) is 42.6 Å². The van der Waals surface area contributed by atoms with Crippen molar-refractivity contribution in [2.24, 2.45) is 5.92 Å². The first-order valence-electron chi connectivity index (χ1n) is 12.1. The fourth-order valence-corrected chi connectivity index (χ4v) is 3.74. The number of amides is 3. The highest BCUT2D eigenvalue weighted by atomic mass is 16.5. The first-order valence-corrected chi connectivity index (χ1v) is 12.1. The Morgan fingerprint density at radius 1 is 0.973 bits per heavy atom. The van der Waals surface area contributed by atoms with Crippen molar-refractivity contribution < 1.29 is 23.5 Å². The van der Waals surface area contributed by atoms with Gasteiger partial charge in [0.2, 0.25) is 5.91 Å². The molecule has 0 spiro atoms. The molecular weight excluding hydrogens is 476 g/mol. The summed E-state index contributed by atoms with van der Waals surface area (Å²) < 4.78 is 11.0. The zero-order chi connectivity index (χ0) is 26.4. The van der Waals surface area contributed by atoms with Crippen LogP contribution in [0.25, 0.3) is 0 Å². The lowest BCUT2D eigenvalue weighted by Crippen LogP contribution is -2.48. The van der Waals surface area contributed by atoms with Gasteiger partial charge in [0.05, 0.1) is 6.61 Å². The summed E-state index contributed by atoms with van der Waals surface area (Å²) in [6.07, 6.45) is 0. The van der Waals surface area contributed by atoms with Crippen molar-refractivity contribution in [1.82, 2.24) is 15.1 Å². The van der Waals surface area contributed by atoms with Gasteiger partial charge in [-0.25, -0.2) is 0 Å². The highest BCUT2D eigenvalue weighted by Gasteiger charge is 2.20. The molecule has 11 nitrogen and oxygen atoms in total. The maximum Gasteiger partial charge on any atom is 0.322 e. The van der Waals surface area contributed by atoms with E-state index in [1.807, 2.05) is 30.9 Å². The number of hydrogen-bond donors (Lipinski definition) is 2. The predicted octanol–water partition coefficient (Wildman–Crippen LogP) is 3.28. The maximum atomic E-state index is 12.6. The molecular formula is C26H30N6O5. The number of benzene rings is 2. The molecule has 37 heavy (non-hydrogen) atoms. The molecule has 0 saturated carbocycles. The van der Waals surface area contributed by atoms with Crippen molar-refractivity contribution in [2.75, 3.05) is 48.3 Å². The van der Waals surface area contributed by atoms with Crippen molar-refractivity contribution in [2.45, 2.75) is 20.8 Å². The summed E-state index contributed by atoms with van der Waals surface area (Å²) in [5, 5.41) is 12.7. The number of carbonyl (C=O) groups excluding carboxylic acids is 3. The largest absolute Gasteiger partial charge is 0.493 e. The predicted molar refractivity (Wildman–Crippen MR) is 138 cm³/mol. The van der Waals surface area contributed by atoms with Gasteiger partial charge in [0.25, 0.3) is 5.91 Å². The summed E-state index contributed by atoms with van der Waals surface area (Å²) in [4.78, 5) is 40.6. The van der Waals surface area contributed by atoms with E-state index in [4.69, 9.17) is 9.15 Å². The monoisotopic (exact) mass is 506 g/mol. The fourth-order valence-electron chi connectivity index (χ4n) is 3.74. The molecule has 1 aliphatic heterocycles. The lowest BCUT2D eigenvalue weighted by atomic mass is 10.2. The molecule has 3 amide bonds. The third kappa shape index (κ3) is 6.84. The van der Waals surface area contributed by atoms with Crippen LogP contribution in [-0.2, 0) is 4.79 Å². The standard InChI is InChI=1S/C26H30N6O5/c1-17(2)16-36-22-6-4-5-19(15-22)23(34)28-26-30-29-25(37-26)24(35)27-20-7-9-21(10-8-20)32-13-11-31(12-14-32)18(3)33/h4-10,15,17H,11-14,16H2,1-3H3,(H,27,35)(H,28,30,34). The summed E-state index contributed by atoms with van der Waals surface area (Å²) in [7, 11) is 0. The Bertz CT molecular complexity index is 1250. The summed E-state index contributed by atoms with van der Waals surface area (Å²) >= 11 is 0. The lowest BCUT2D eigenvalue weighted by Gasteiger charge is -2.35. The number of ether oxygens (including phenoxy) is 1. The molecule has 0 aliphatic carbocycles. The summed E-state index contributed by atoms with van der Waals surface area (Å²) in [6, 6.07) is 13.9. The second-order valence-corrected chi connectivity index (χ2v) is 9.09. The van der Waals surface area contributed by atoms with E-state index in [0.717, 1.165) is 18.8 Å². The van der Waals surface area contributed by atoms with Crippen LogP contribution in [0.5, 0.6) is 5.75 Å². The van der Waals surface area contributed by atoms with Gasteiger partial charge in [-0.3, -0.25) is 19.7 Å². The van der Waals surface area contributed by atoms with E-state index in [-0.39, 0.29) is 17.8 Å². The van der Waals surface area contributed by atoms with Gasteiger partial charge in [0, 0.05) is 50.0 Å². The first kappa shape index (κ1) is 25.7. The number of aromatic nitrogens is 2. The number of piperazine rings is 1. The van der Waals surface area contributed by atoms with Gasteiger partial charge in [0.15, 0.2) is 0 Å². The van der Waals surface area contributed by atoms with Crippen molar-refractivity contribution in [3.8, 4) is 5.75 Å². The second kappa shape index (κ2) is 11.5. The quantitative estimate of drug-likeness (QED) is 0.476. The van der Waals surface area contributed by atoms with Crippen LogP contribution in [0, 0.1) is 5.92 Å². The van der Waals surface area contributed by atoms with Crippen molar-refractivity contribution in [3.63, 3.8) is 0 Å². The minimum atomic E-state index is -0.597. The summed E-state index contributed by atoms with van der Waals surface area (Å²) in [5.74, 6) is -0.328. The van der Waals surface area contributed by atoms with Gasteiger partial charge in [0.1, 0.15) is 5.75 Å². The molecule has 0 unspecified atom stereocenters. The minimum absolute atomic E-state index is 0.0855. The highest BCUT2D eigenvalue weighted by Crippen LogP contribution is 2.21. The van der Waals surface area contributed by atoms with E-state index in [9.17, 15) is 14.4 Å². The number of rotatable bonds is 8. The van der Waals surface area contributed by atoms with E-state index in [1.165, 1.54) is 0 Å². The molecule has 1 fully saturated rings. The Kier molecular flexibility index (Phi) is 8.02. The Labute approximate surface area is 214 Å². The molecule has 0 bridgehead atoms. The van der Waals surface area contributed by atoms with E-state index < -0.39 is 11.8 Å². The lowest BCUT2D eigenvalue weighted by molar-refractivity contribution is -0.129. The Morgan fingerprint density at radius 2 is 1.70 bits per heavy atom. The van der Waals surface area contributed by atoms with Crippen LogP contribution in [0.15, 0.2) is 52.9 Å². The molecule has 0 atom stereocenters. The van der Waals surface area contributed by atoms with Crippen LogP contribution >= 0.6 is 0 Å². The molecule has 2 N–H and O–H groups in total. The average Bonchev–Trinajstić information content (AvgIpc) is 3.37. The number of nitrogens with zero attached hydrogens (tertiary/aromatic N) is 4. The van der Waals surface area contributed by atoms with Gasteiger partial charge < -0.3 is 24.3 Å². The normalized spacial score (nSPS) is 13.4. The SMILES string of the molecule is CC(=O)N1CCN(c2ccc(NC(=O)c3nnc(NC(=O)c4cccc(OCC(C)C)c4)o3)cc2)CC1. The molecule has 194 valence electrons. The Balaban J connectivity index is 1.31. The Hall–Kier alpha value is -4.41. The zero-order valence-electron chi connectivity index (χ0n) is 21.1. The first-order chi connectivity index (χ1) is 17.8. The van der Waals surface area contributed by atoms with Crippen LogP contribution in [0.1, 0.15) is 41.8 Å². The third-order valence-corrected chi connectivity index (χ3v) is 5.73. The zero-order valence-corrected chi connectivity index (χ0v) is 21.1. The minimum Gasteiger partial charge on any atom is -0.493 e. The van der Waals surface area contributed by atoms with Crippen molar-refractivity contribution >= 4 is 35.1 Å². The van der Waals surface area contributed by atoms with E-state index in [1.54, 1.807) is 43.3 Å². The molecule has 4 rings (SSSR count). The molecule has 0 radical (unpaired) electrons. The highest BCUT2D eigenvalue weighted by molar-refractivity contribution is 6.04. The van der Waals surface area contributed by atoms with Crippen LogP contribution in [0.4, 0.5) is 17.4 Å². The molecule has 1 saturated heterocycles. The van der Waals surface area contributed by atoms with Gasteiger partial charge in [-0.2, -0.15) is 0 Å². The molecule has 1 aliphatic rings. The van der Waals surface area contributed by atoms with Crippen LogP contribution in [0.3, 0.4) is 0 Å². The summed E-state index contributed by atoms with van der Waals surface area (Å²) in [5.41, 5.74) is 1.91. The van der Waals surface area contributed by atoms with E-state index in [2.05, 4.69) is 25.7 Å². The second-order valence-electron chi connectivity index (χ2n) is 9.09.